The van der Waals surface area contributed by atoms with Crippen LogP contribution in [0.3, 0.4) is 0 Å². The van der Waals surface area contributed by atoms with Gasteiger partial charge in [0.05, 0.1) is 0 Å². The van der Waals surface area contributed by atoms with Crippen LogP contribution in [0.15, 0.2) is 18.2 Å². The maximum absolute atomic E-state index is 5.83. The van der Waals surface area contributed by atoms with E-state index in [1.807, 2.05) is 12.1 Å². The molecule has 0 fully saturated rings. The Kier molecular flexibility index (Phi) is 5.88. The molecule has 0 aromatic heterocycles. The lowest BCUT2D eigenvalue weighted by atomic mass is 10.1. The van der Waals surface area contributed by atoms with Crippen LogP contribution in [-0.2, 0) is 0 Å². The highest BCUT2D eigenvalue weighted by molar-refractivity contribution is 5.57. The van der Waals surface area contributed by atoms with Crippen molar-refractivity contribution in [2.24, 2.45) is 0 Å². The fraction of sp³-hybridized carbons (Fsp3) is 0.600. The lowest BCUT2D eigenvalue weighted by Gasteiger charge is -2.16. The van der Waals surface area contributed by atoms with Crippen LogP contribution in [-0.4, -0.2) is 6.04 Å². The summed E-state index contributed by atoms with van der Waals surface area (Å²) in [6.45, 7) is 6.56. The first-order valence-electron chi connectivity index (χ1n) is 6.75. The van der Waals surface area contributed by atoms with Gasteiger partial charge >= 0.3 is 0 Å². The van der Waals surface area contributed by atoms with E-state index in [1.165, 1.54) is 37.7 Å². The van der Waals surface area contributed by atoms with Gasteiger partial charge in [-0.25, -0.2) is 0 Å². The molecule has 0 radical (unpaired) electrons. The Morgan fingerprint density at radius 1 is 1.18 bits per heavy atom. The van der Waals surface area contributed by atoms with Gasteiger partial charge in [0.25, 0.3) is 0 Å². The number of benzene rings is 1. The van der Waals surface area contributed by atoms with E-state index in [0.717, 1.165) is 11.4 Å². The van der Waals surface area contributed by atoms with Crippen molar-refractivity contribution in [2.75, 3.05) is 11.1 Å². The van der Waals surface area contributed by atoms with Gasteiger partial charge in [0.2, 0.25) is 0 Å². The summed E-state index contributed by atoms with van der Waals surface area (Å²) < 4.78 is 0. The summed E-state index contributed by atoms with van der Waals surface area (Å²) in [5, 5.41) is 3.52. The van der Waals surface area contributed by atoms with E-state index in [2.05, 4.69) is 32.2 Å². The molecule has 1 aromatic rings. The second-order valence-corrected chi connectivity index (χ2v) is 5.03. The van der Waals surface area contributed by atoms with E-state index in [-0.39, 0.29) is 0 Å². The Hall–Kier alpha value is -1.18. The molecule has 0 bridgehead atoms. The summed E-state index contributed by atoms with van der Waals surface area (Å²) in [7, 11) is 0. The summed E-state index contributed by atoms with van der Waals surface area (Å²) in [5.41, 5.74) is 9.03. The second kappa shape index (κ2) is 7.21. The van der Waals surface area contributed by atoms with Crippen molar-refractivity contribution >= 4 is 11.4 Å². The molecule has 1 rings (SSSR count). The van der Waals surface area contributed by atoms with E-state index in [9.17, 15) is 0 Å². The number of rotatable bonds is 7. The van der Waals surface area contributed by atoms with Gasteiger partial charge in [-0.3, -0.25) is 0 Å². The zero-order chi connectivity index (χ0) is 12.7. The van der Waals surface area contributed by atoms with Gasteiger partial charge in [-0.2, -0.15) is 0 Å². The maximum Gasteiger partial charge on any atom is 0.0365 e. The molecular formula is C15H26N2. The summed E-state index contributed by atoms with van der Waals surface area (Å²) in [5.74, 6) is 0. The standard InChI is InChI=1S/C15H26N2/c1-4-5-6-7-8-13(3)17-15-10-12(2)9-14(16)11-15/h9-11,13,17H,4-8,16H2,1-3H3. The number of anilines is 2. The summed E-state index contributed by atoms with van der Waals surface area (Å²) in [4.78, 5) is 0. The van der Waals surface area contributed by atoms with Gasteiger partial charge in [0.1, 0.15) is 0 Å². The predicted octanol–water partition coefficient (Wildman–Crippen LogP) is 4.35. The Balaban J connectivity index is 2.36. The van der Waals surface area contributed by atoms with Crippen LogP contribution in [0.1, 0.15) is 51.5 Å². The SMILES string of the molecule is CCCCCCC(C)Nc1cc(C)cc(N)c1. The van der Waals surface area contributed by atoms with Crippen LogP contribution in [0.25, 0.3) is 0 Å². The number of aryl methyl sites for hydroxylation is 1. The molecule has 0 saturated heterocycles. The molecule has 17 heavy (non-hydrogen) atoms. The third kappa shape index (κ3) is 5.62. The molecule has 1 atom stereocenters. The largest absolute Gasteiger partial charge is 0.399 e. The van der Waals surface area contributed by atoms with Gasteiger partial charge in [-0.1, -0.05) is 32.6 Å². The van der Waals surface area contributed by atoms with Crippen molar-refractivity contribution in [2.45, 2.75) is 58.9 Å². The highest BCUT2D eigenvalue weighted by atomic mass is 14.9. The highest BCUT2D eigenvalue weighted by Gasteiger charge is 2.02. The molecule has 0 aliphatic carbocycles. The molecule has 3 N–H and O–H groups in total. The van der Waals surface area contributed by atoms with E-state index in [1.54, 1.807) is 0 Å². The lowest BCUT2D eigenvalue weighted by molar-refractivity contribution is 0.594. The first kappa shape index (κ1) is 13.9. The van der Waals surface area contributed by atoms with Crippen LogP contribution >= 0.6 is 0 Å². The molecule has 0 aliphatic rings. The third-order valence-corrected chi connectivity index (χ3v) is 3.00. The van der Waals surface area contributed by atoms with Crippen LogP contribution in [0.4, 0.5) is 11.4 Å². The Morgan fingerprint density at radius 3 is 2.59 bits per heavy atom. The third-order valence-electron chi connectivity index (χ3n) is 3.00. The quantitative estimate of drug-likeness (QED) is 0.544. The van der Waals surface area contributed by atoms with Crippen molar-refractivity contribution < 1.29 is 0 Å². The zero-order valence-electron chi connectivity index (χ0n) is 11.4. The average molecular weight is 234 g/mol. The molecular weight excluding hydrogens is 208 g/mol. The van der Waals surface area contributed by atoms with Gasteiger partial charge in [-0.05, 0) is 44.0 Å². The van der Waals surface area contributed by atoms with Crippen molar-refractivity contribution in [3.8, 4) is 0 Å². The van der Waals surface area contributed by atoms with E-state index >= 15 is 0 Å². The van der Waals surface area contributed by atoms with Crippen molar-refractivity contribution in [1.29, 1.82) is 0 Å². The highest BCUT2D eigenvalue weighted by Crippen LogP contribution is 2.18. The van der Waals surface area contributed by atoms with Crippen LogP contribution < -0.4 is 11.1 Å². The molecule has 0 amide bonds. The number of nitrogens with two attached hydrogens (primary N) is 1. The van der Waals surface area contributed by atoms with E-state index < -0.39 is 0 Å². The van der Waals surface area contributed by atoms with Crippen LogP contribution in [0.2, 0.25) is 0 Å². The minimum atomic E-state index is 0.521. The number of nitrogen functional groups attached to an aromatic ring is 1. The lowest BCUT2D eigenvalue weighted by Crippen LogP contribution is -2.15. The van der Waals surface area contributed by atoms with E-state index in [0.29, 0.717) is 6.04 Å². The second-order valence-electron chi connectivity index (χ2n) is 5.03. The van der Waals surface area contributed by atoms with Crippen LogP contribution in [0.5, 0.6) is 0 Å². The first-order chi connectivity index (χ1) is 8.11. The van der Waals surface area contributed by atoms with Crippen molar-refractivity contribution in [3.05, 3.63) is 23.8 Å². The monoisotopic (exact) mass is 234 g/mol. The minimum absolute atomic E-state index is 0.521. The normalized spacial score (nSPS) is 12.4. The Bertz CT molecular complexity index is 313. The molecule has 1 aromatic carbocycles. The Morgan fingerprint density at radius 2 is 1.94 bits per heavy atom. The van der Waals surface area contributed by atoms with Crippen LogP contribution in [0, 0.1) is 6.92 Å². The fourth-order valence-electron chi connectivity index (χ4n) is 2.13. The molecule has 2 nitrogen and oxygen atoms in total. The number of hydrogen-bond acceptors (Lipinski definition) is 2. The Labute approximate surface area is 106 Å². The summed E-state index contributed by atoms with van der Waals surface area (Å²) in [6.07, 6.45) is 6.54. The molecule has 0 spiro atoms. The fourth-order valence-corrected chi connectivity index (χ4v) is 2.13. The molecule has 0 saturated carbocycles. The first-order valence-corrected chi connectivity index (χ1v) is 6.75. The molecule has 0 aliphatic heterocycles. The summed E-state index contributed by atoms with van der Waals surface area (Å²) >= 11 is 0. The van der Waals surface area contributed by atoms with Gasteiger partial charge in [-0.15, -0.1) is 0 Å². The van der Waals surface area contributed by atoms with Gasteiger partial charge < -0.3 is 11.1 Å². The smallest absolute Gasteiger partial charge is 0.0365 e. The molecule has 96 valence electrons. The molecule has 0 heterocycles. The minimum Gasteiger partial charge on any atom is -0.399 e. The zero-order valence-corrected chi connectivity index (χ0v) is 11.4. The number of unbranched alkanes of at least 4 members (excludes halogenated alkanes) is 3. The summed E-state index contributed by atoms with van der Waals surface area (Å²) in [6, 6.07) is 6.68. The predicted molar refractivity (Wildman–Crippen MR) is 77.4 cm³/mol. The average Bonchev–Trinajstić information content (AvgIpc) is 2.23. The van der Waals surface area contributed by atoms with Crippen molar-refractivity contribution in [3.63, 3.8) is 0 Å². The molecule has 2 heteroatoms. The van der Waals surface area contributed by atoms with Gasteiger partial charge in [0.15, 0.2) is 0 Å². The van der Waals surface area contributed by atoms with Gasteiger partial charge in [0, 0.05) is 17.4 Å². The molecule has 1 unspecified atom stereocenters. The number of nitrogens with one attached hydrogen (secondary N) is 1. The number of hydrogen-bond donors (Lipinski definition) is 2. The topological polar surface area (TPSA) is 38.0 Å². The van der Waals surface area contributed by atoms with E-state index in [4.69, 9.17) is 5.73 Å². The maximum atomic E-state index is 5.83. The van der Waals surface area contributed by atoms with Crippen molar-refractivity contribution in [1.82, 2.24) is 0 Å².